The van der Waals surface area contributed by atoms with Gasteiger partial charge >= 0.3 is 0 Å². The Kier molecular flexibility index (Phi) is 4.26. The molecule has 1 unspecified atom stereocenters. The van der Waals surface area contributed by atoms with Crippen LogP contribution in [0, 0.1) is 0 Å². The lowest BCUT2D eigenvalue weighted by Crippen LogP contribution is -2.33. The third kappa shape index (κ3) is 3.11. The second-order valence-corrected chi connectivity index (χ2v) is 6.36. The Morgan fingerprint density at radius 3 is 3.00 bits per heavy atom. The smallest absolute Gasteiger partial charge is 0.152 e. The lowest BCUT2D eigenvalue weighted by Gasteiger charge is -2.29. The molecule has 2 heterocycles. The van der Waals surface area contributed by atoms with Crippen molar-refractivity contribution in [3.8, 4) is 0 Å². The van der Waals surface area contributed by atoms with E-state index in [9.17, 15) is 0 Å². The molecule has 0 radical (unpaired) electrons. The summed E-state index contributed by atoms with van der Waals surface area (Å²) in [5.41, 5.74) is 8.53. The van der Waals surface area contributed by atoms with Gasteiger partial charge in [-0.15, -0.1) is 10.2 Å². The first-order valence-electron chi connectivity index (χ1n) is 7.33. The fourth-order valence-electron chi connectivity index (χ4n) is 2.61. The maximum absolute atomic E-state index is 6.05. The highest BCUT2D eigenvalue weighted by Crippen LogP contribution is 2.27. The van der Waals surface area contributed by atoms with Gasteiger partial charge in [0.25, 0.3) is 0 Å². The van der Waals surface area contributed by atoms with Crippen LogP contribution in [0.2, 0.25) is 0 Å². The van der Waals surface area contributed by atoms with E-state index in [0.29, 0.717) is 0 Å². The Bertz CT molecular complexity index is 624. The Labute approximate surface area is 133 Å². The highest BCUT2D eigenvalue weighted by Gasteiger charge is 2.18. The SMILES string of the molecule is CCC(N)Cc1ccc(N2CCn3cnnc3C2)cc1Br. The molecule has 112 valence electrons. The van der Waals surface area contributed by atoms with E-state index >= 15 is 0 Å². The molecular weight excluding hydrogens is 330 g/mol. The fourth-order valence-corrected chi connectivity index (χ4v) is 3.14. The minimum Gasteiger partial charge on any atom is -0.362 e. The van der Waals surface area contributed by atoms with Crippen LogP contribution >= 0.6 is 15.9 Å². The van der Waals surface area contributed by atoms with Crippen LogP contribution in [0.4, 0.5) is 5.69 Å². The summed E-state index contributed by atoms with van der Waals surface area (Å²) in [7, 11) is 0. The first kappa shape index (κ1) is 14.5. The Morgan fingerprint density at radius 2 is 2.24 bits per heavy atom. The number of hydrogen-bond acceptors (Lipinski definition) is 4. The van der Waals surface area contributed by atoms with E-state index in [-0.39, 0.29) is 6.04 Å². The topological polar surface area (TPSA) is 60.0 Å². The van der Waals surface area contributed by atoms with Gasteiger partial charge in [-0.05, 0) is 30.5 Å². The normalized spacial score (nSPS) is 15.9. The molecule has 1 aliphatic rings. The van der Waals surface area contributed by atoms with Crippen molar-refractivity contribution in [1.29, 1.82) is 0 Å². The van der Waals surface area contributed by atoms with Gasteiger partial charge in [0.2, 0.25) is 0 Å². The maximum atomic E-state index is 6.05. The molecule has 1 aliphatic heterocycles. The Morgan fingerprint density at radius 1 is 1.38 bits per heavy atom. The Hall–Kier alpha value is -1.40. The summed E-state index contributed by atoms with van der Waals surface area (Å²) in [6.45, 7) is 4.84. The lowest BCUT2D eigenvalue weighted by atomic mass is 10.0. The van der Waals surface area contributed by atoms with Gasteiger partial charge in [-0.3, -0.25) is 0 Å². The van der Waals surface area contributed by atoms with Gasteiger partial charge in [0.05, 0.1) is 6.54 Å². The van der Waals surface area contributed by atoms with E-state index in [1.165, 1.54) is 11.3 Å². The Balaban J connectivity index is 1.77. The van der Waals surface area contributed by atoms with Crippen molar-refractivity contribution in [2.75, 3.05) is 11.4 Å². The van der Waals surface area contributed by atoms with Crippen molar-refractivity contribution in [3.05, 3.63) is 40.4 Å². The molecule has 0 amide bonds. The van der Waals surface area contributed by atoms with Gasteiger partial charge in [-0.1, -0.05) is 28.9 Å². The van der Waals surface area contributed by atoms with Crippen LogP contribution in [0.5, 0.6) is 0 Å². The van der Waals surface area contributed by atoms with E-state index in [2.05, 4.69) is 60.7 Å². The average Bonchev–Trinajstić information content (AvgIpc) is 2.96. The van der Waals surface area contributed by atoms with Gasteiger partial charge in [0.15, 0.2) is 5.82 Å². The molecule has 1 atom stereocenters. The number of aromatic nitrogens is 3. The monoisotopic (exact) mass is 349 g/mol. The first-order valence-corrected chi connectivity index (χ1v) is 8.12. The van der Waals surface area contributed by atoms with E-state index in [4.69, 9.17) is 5.73 Å². The number of nitrogens with zero attached hydrogens (tertiary/aromatic N) is 4. The molecule has 1 aromatic heterocycles. The van der Waals surface area contributed by atoms with Crippen LogP contribution in [0.25, 0.3) is 0 Å². The van der Waals surface area contributed by atoms with Crippen molar-refractivity contribution in [2.45, 2.75) is 38.9 Å². The summed E-state index contributed by atoms with van der Waals surface area (Å²) in [5.74, 6) is 1.02. The molecule has 0 saturated heterocycles. The highest BCUT2D eigenvalue weighted by atomic mass is 79.9. The molecule has 0 bridgehead atoms. The van der Waals surface area contributed by atoms with Crippen LogP contribution in [0.3, 0.4) is 0 Å². The molecule has 2 aromatic rings. The molecule has 0 aliphatic carbocycles. The van der Waals surface area contributed by atoms with Crippen LogP contribution in [0.15, 0.2) is 29.0 Å². The van der Waals surface area contributed by atoms with Crippen molar-refractivity contribution in [2.24, 2.45) is 5.73 Å². The van der Waals surface area contributed by atoms with Crippen molar-refractivity contribution >= 4 is 21.6 Å². The standard InChI is InChI=1S/C15H20BrN5/c1-2-12(17)7-11-3-4-13(8-14(11)16)20-5-6-21-10-18-19-15(21)9-20/h3-4,8,10,12H,2,5-7,9,17H2,1H3. The molecule has 0 spiro atoms. The van der Waals surface area contributed by atoms with Crippen molar-refractivity contribution in [3.63, 3.8) is 0 Å². The van der Waals surface area contributed by atoms with E-state index in [1.54, 1.807) is 6.33 Å². The first-order chi connectivity index (χ1) is 10.2. The van der Waals surface area contributed by atoms with Crippen LogP contribution in [0.1, 0.15) is 24.7 Å². The number of anilines is 1. The number of rotatable bonds is 4. The summed E-state index contributed by atoms with van der Waals surface area (Å²) in [6.07, 6.45) is 3.71. The quantitative estimate of drug-likeness (QED) is 0.920. The number of benzene rings is 1. The number of hydrogen-bond donors (Lipinski definition) is 1. The molecule has 6 heteroatoms. The predicted molar refractivity (Wildman–Crippen MR) is 87.2 cm³/mol. The van der Waals surface area contributed by atoms with Crippen LogP contribution in [-0.4, -0.2) is 27.4 Å². The minimum atomic E-state index is 0.223. The number of halogens is 1. The molecular formula is C15H20BrN5. The lowest BCUT2D eigenvalue weighted by molar-refractivity contribution is 0.560. The molecule has 0 fully saturated rings. The number of fused-ring (bicyclic) bond motifs is 1. The molecule has 2 N–H and O–H groups in total. The van der Waals surface area contributed by atoms with Crippen LogP contribution < -0.4 is 10.6 Å². The van der Waals surface area contributed by atoms with Crippen LogP contribution in [-0.2, 0) is 19.5 Å². The van der Waals surface area contributed by atoms with E-state index in [1.807, 2.05) is 0 Å². The molecule has 21 heavy (non-hydrogen) atoms. The summed E-state index contributed by atoms with van der Waals surface area (Å²) >= 11 is 3.68. The zero-order valence-electron chi connectivity index (χ0n) is 12.2. The van der Waals surface area contributed by atoms with Gasteiger partial charge in [-0.2, -0.15) is 0 Å². The van der Waals surface area contributed by atoms with Gasteiger partial charge in [0, 0.05) is 29.3 Å². The second kappa shape index (κ2) is 6.15. The summed E-state index contributed by atoms with van der Waals surface area (Å²) in [5, 5.41) is 8.13. The minimum absolute atomic E-state index is 0.223. The summed E-state index contributed by atoms with van der Waals surface area (Å²) in [4.78, 5) is 2.33. The molecule has 3 rings (SSSR count). The largest absolute Gasteiger partial charge is 0.362 e. The zero-order valence-corrected chi connectivity index (χ0v) is 13.8. The second-order valence-electron chi connectivity index (χ2n) is 5.51. The third-order valence-corrected chi connectivity index (χ3v) is 4.79. The van der Waals surface area contributed by atoms with E-state index < -0.39 is 0 Å². The molecule has 5 nitrogen and oxygen atoms in total. The summed E-state index contributed by atoms with van der Waals surface area (Å²) in [6, 6.07) is 6.76. The highest BCUT2D eigenvalue weighted by molar-refractivity contribution is 9.10. The maximum Gasteiger partial charge on any atom is 0.152 e. The van der Waals surface area contributed by atoms with Gasteiger partial charge in [-0.25, -0.2) is 0 Å². The number of nitrogens with two attached hydrogens (primary N) is 1. The predicted octanol–water partition coefficient (Wildman–Crippen LogP) is 2.34. The van der Waals surface area contributed by atoms with Crippen molar-refractivity contribution < 1.29 is 0 Å². The van der Waals surface area contributed by atoms with Crippen molar-refractivity contribution in [1.82, 2.24) is 14.8 Å². The zero-order chi connectivity index (χ0) is 14.8. The average molecular weight is 350 g/mol. The summed E-state index contributed by atoms with van der Waals surface area (Å²) < 4.78 is 3.25. The van der Waals surface area contributed by atoms with Gasteiger partial charge < -0.3 is 15.2 Å². The fraction of sp³-hybridized carbons (Fsp3) is 0.467. The third-order valence-electron chi connectivity index (χ3n) is 4.05. The molecule has 1 aromatic carbocycles. The van der Waals surface area contributed by atoms with E-state index in [0.717, 1.165) is 42.8 Å². The van der Waals surface area contributed by atoms with Gasteiger partial charge in [0.1, 0.15) is 6.33 Å². The molecule has 0 saturated carbocycles.